The van der Waals surface area contributed by atoms with Crippen molar-refractivity contribution in [2.24, 2.45) is 0 Å². The van der Waals surface area contributed by atoms with Gasteiger partial charge in [0.1, 0.15) is 0 Å². The Bertz CT molecular complexity index is 603. The van der Waals surface area contributed by atoms with Crippen molar-refractivity contribution in [3.05, 3.63) is 33.0 Å². The molecule has 96 valence electrons. The summed E-state index contributed by atoms with van der Waals surface area (Å²) in [5.74, 6) is -0.0494. The van der Waals surface area contributed by atoms with Gasteiger partial charge in [0.05, 0.1) is 15.4 Å². The molecule has 0 saturated carbocycles. The number of carbonyl (C=O) groups is 1. The quantitative estimate of drug-likeness (QED) is 0.618. The van der Waals surface area contributed by atoms with Crippen LogP contribution < -0.4 is 0 Å². The van der Waals surface area contributed by atoms with E-state index in [1.54, 1.807) is 13.1 Å². The van der Waals surface area contributed by atoms with Crippen LogP contribution in [0.2, 0.25) is 0 Å². The highest BCUT2D eigenvalue weighted by molar-refractivity contribution is 9.11. The zero-order chi connectivity index (χ0) is 13.4. The molecule has 3 nitrogen and oxygen atoms in total. The highest BCUT2D eigenvalue weighted by Gasteiger charge is 2.20. The monoisotopic (exact) mass is 346 g/mol. The van der Waals surface area contributed by atoms with E-state index in [2.05, 4.69) is 20.9 Å². The van der Waals surface area contributed by atoms with Crippen molar-refractivity contribution in [3.8, 4) is 5.13 Å². The Morgan fingerprint density at radius 2 is 2.22 bits per heavy atom. The Morgan fingerprint density at radius 3 is 2.72 bits per heavy atom. The number of nitrogens with zero attached hydrogens (tertiary/aromatic N) is 2. The Hall–Kier alpha value is -0.650. The van der Waals surface area contributed by atoms with Gasteiger partial charge in [-0.3, -0.25) is 9.36 Å². The van der Waals surface area contributed by atoms with Crippen molar-refractivity contribution >= 4 is 44.7 Å². The summed E-state index contributed by atoms with van der Waals surface area (Å²) in [5.41, 5.74) is 2.53. The molecule has 0 aliphatic rings. The van der Waals surface area contributed by atoms with Crippen molar-refractivity contribution < 1.29 is 4.79 Å². The van der Waals surface area contributed by atoms with Crippen molar-refractivity contribution in [2.75, 3.05) is 0 Å². The summed E-state index contributed by atoms with van der Waals surface area (Å²) in [6, 6.07) is 1.87. The summed E-state index contributed by atoms with van der Waals surface area (Å²) in [7, 11) is 0. The zero-order valence-electron chi connectivity index (χ0n) is 10.2. The van der Waals surface area contributed by atoms with Gasteiger partial charge in [-0.25, -0.2) is 4.98 Å². The SMILES string of the molecule is Cc1cc(C(=O)C(C)Cl)c(C)n1-c1ncc(Br)s1. The van der Waals surface area contributed by atoms with Gasteiger partial charge in [0.15, 0.2) is 10.9 Å². The number of Topliss-reactive ketones (excluding diaryl/α,β-unsaturated/α-hetero) is 1. The minimum atomic E-state index is -0.512. The Morgan fingerprint density at radius 1 is 1.56 bits per heavy atom. The number of thiazole rings is 1. The van der Waals surface area contributed by atoms with E-state index in [4.69, 9.17) is 11.6 Å². The number of halogens is 2. The van der Waals surface area contributed by atoms with Crippen LogP contribution in [0.15, 0.2) is 16.0 Å². The van der Waals surface area contributed by atoms with Crippen LogP contribution in [-0.4, -0.2) is 20.7 Å². The molecule has 1 unspecified atom stereocenters. The van der Waals surface area contributed by atoms with Crippen LogP contribution in [0.4, 0.5) is 0 Å². The molecule has 2 rings (SSSR count). The second-order valence-corrected chi connectivity index (χ2v) is 7.09. The van der Waals surface area contributed by atoms with Crippen LogP contribution in [0.5, 0.6) is 0 Å². The van der Waals surface area contributed by atoms with Gasteiger partial charge in [-0.05, 0) is 42.8 Å². The van der Waals surface area contributed by atoms with Crippen LogP contribution in [0.1, 0.15) is 28.7 Å². The summed E-state index contributed by atoms with van der Waals surface area (Å²) in [5, 5.41) is 0.333. The average molecular weight is 348 g/mol. The smallest absolute Gasteiger partial charge is 0.195 e. The van der Waals surface area contributed by atoms with E-state index >= 15 is 0 Å². The lowest BCUT2D eigenvalue weighted by molar-refractivity contribution is 0.0991. The van der Waals surface area contributed by atoms with Gasteiger partial charge in [-0.2, -0.15) is 0 Å². The summed E-state index contributed by atoms with van der Waals surface area (Å²) < 4.78 is 2.94. The summed E-state index contributed by atoms with van der Waals surface area (Å²) in [6.45, 7) is 5.56. The van der Waals surface area contributed by atoms with E-state index in [1.165, 1.54) is 11.3 Å². The maximum atomic E-state index is 12.0. The van der Waals surface area contributed by atoms with E-state index < -0.39 is 5.38 Å². The fourth-order valence-electron chi connectivity index (χ4n) is 1.87. The number of aryl methyl sites for hydroxylation is 1. The van der Waals surface area contributed by atoms with Gasteiger partial charge in [0.2, 0.25) is 0 Å². The molecule has 0 fully saturated rings. The number of hydrogen-bond donors (Lipinski definition) is 0. The largest absolute Gasteiger partial charge is 0.294 e. The molecule has 0 aromatic carbocycles. The third kappa shape index (κ3) is 2.39. The molecule has 0 aliphatic heterocycles. The molecule has 0 amide bonds. The number of hydrogen-bond acceptors (Lipinski definition) is 3. The minimum Gasteiger partial charge on any atom is -0.294 e. The molecule has 6 heteroatoms. The van der Waals surface area contributed by atoms with Crippen LogP contribution in [-0.2, 0) is 0 Å². The predicted octanol–water partition coefficient (Wildman–Crippen LogP) is 4.12. The van der Waals surface area contributed by atoms with Gasteiger partial charge in [0.25, 0.3) is 0 Å². The number of aromatic nitrogens is 2. The first-order chi connectivity index (χ1) is 8.41. The van der Waals surface area contributed by atoms with Gasteiger partial charge in [-0.1, -0.05) is 11.3 Å². The number of carbonyl (C=O) groups excluding carboxylic acids is 1. The van der Waals surface area contributed by atoms with E-state index in [1.807, 2.05) is 24.5 Å². The van der Waals surface area contributed by atoms with Crippen molar-refractivity contribution in [2.45, 2.75) is 26.1 Å². The summed E-state index contributed by atoms with van der Waals surface area (Å²) >= 11 is 10.8. The first-order valence-electron chi connectivity index (χ1n) is 5.40. The van der Waals surface area contributed by atoms with Gasteiger partial charge >= 0.3 is 0 Å². The van der Waals surface area contributed by atoms with Crippen LogP contribution in [0, 0.1) is 13.8 Å². The molecule has 0 aliphatic carbocycles. The molecular weight excluding hydrogens is 336 g/mol. The van der Waals surface area contributed by atoms with E-state index in [0.717, 1.165) is 20.3 Å². The molecule has 2 aromatic heterocycles. The van der Waals surface area contributed by atoms with E-state index in [-0.39, 0.29) is 5.78 Å². The molecule has 0 saturated heterocycles. The first-order valence-corrected chi connectivity index (χ1v) is 7.45. The van der Waals surface area contributed by atoms with Gasteiger partial charge in [-0.15, -0.1) is 11.6 Å². The topological polar surface area (TPSA) is 34.9 Å². The van der Waals surface area contributed by atoms with Crippen LogP contribution >= 0.6 is 38.9 Å². The minimum absolute atomic E-state index is 0.0494. The third-order valence-corrected chi connectivity index (χ3v) is 4.37. The molecule has 2 heterocycles. The molecule has 2 aromatic rings. The number of rotatable bonds is 3. The molecular formula is C12H12BrClN2OS. The maximum Gasteiger partial charge on any atom is 0.195 e. The van der Waals surface area contributed by atoms with Crippen molar-refractivity contribution in [1.29, 1.82) is 0 Å². The van der Waals surface area contributed by atoms with Crippen molar-refractivity contribution in [3.63, 3.8) is 0 Å². The highest BCUT2D eigenvalue weighted by atomic mass is 79.9. The van der Waals surface area contributed by atoms with Crippen LogP contribution in [0.25, 0.3) is 5.13 Å². The predicted molar refractivity (Wildman–Crippen MR) is 78.3 cm³/mol. The van der Waals surface area contributed by atoms with Gasteiger partial charge < -0.3 is 0 Å². The molecule has 18 heavy (non-hydrogen) atoms. The lowest BCUT2D eigenvalue weighted by Crippen LogP contribution is -2.11. The standard InChI is InChI=1S/C12H12BrClN2OS/c1-6-4-9(11(17)7(2)14)8(3)16(6)12-15-5-10(13)18-12/h4-5,7H,1-3H3. The lowest BCUT2D eigenvalue weighted by atomic mass is 10.1. The summed E-state index contributed by atoms with van der Waals surface area (Å²) in [6.07, 6.45) is 1.75. The Labute approximate surface area is 123 Å². The third-order valence-electron chi connectivity index (χ3n) is 2.71. The zero-order valence-corrected chi connectivity index (χ0v) is 13.4. The van der Waals surface area contributed by atoms with Crippen LogP contribution in [0.3, 0.4) is 0 Å². The maximum absolute atomic E-state index is 12.0. The van der Waals surface area contributed by atoms with E-state index in [9.17, 15) is 4.79 Å². The molecule has 0 N–H and O–H groups in total. The van der Waals surface area contributed by atoms with Gasteiger partial charge in [0, 0.05) is 17.0 Å². The second kappa shape index (κ2) is 5.15. The van der Waals surface area contributed by atoms with Crippen molar-refractivity contribution in [1.82, 2.24) is 9.55 Å². The fraction of sp³-hybridized carbons (Fsp3) is 0.333. The normalized spacial score (nSPS) is 12.7. The molecule has 0 radical (unpaired) electrons. The fourth-order valence-corrected chi connectivity index (χ4v) is 3.28. The second-order valence-electron chi connectivity index (χ2n) is 4.05. The highest BCUT2D eigenvalue weighted by Crippen LogP contribution is 2.27. The average Bonchev–Trinajstić information content (AvgIpc) is 2.82. The Balaban J connectivity index is 2.54. The number of ketones is 1. The molecule has 1 atom stereocenters. The molecule has 0 spiro atoms. The first kappa shape index (κ1) is 13.8. The molecule has 0 bridgehead atoms. The Kier molecular flexibility index (Phi) is 3.94. The van der Waals surface area contributed by atoms with E-state index in [0.29, 0.717) is 5.56 Å². The number of alkyl halides is 1. The summed E-state index contributed by atoms with van der Waals surface area (Å²) in [4.78, 5) is 16.3. The lowest BCUT2D eigenvalue weighted by Gasteiger charge is -2.06.